The van der Waals surface area contributed by atoms with Gasteiger partial charge in [0.25, 0.3) is 0 Å². The van der Waals surface area contributed by atoms with Crippen molar-refractivity contribution in [3.63, 3.8) is 0 Å². The lowest BCUT2D eigenvalue weighted by molar-refractivity contribution is -0.138. The fraction of sp³-hybridized carbons (Fsp3) is 0.545. The Bertz CT molecular complexity index is 356. The molecule has 0 amide bonds. The molecule has 0 bridgehead atoms. The summed E-state index contributed by atoms with van der Waals surface area (Å²) in [4.78, 5) is 20.9. The molecular formula is C11H15N3O2. The zero-order valence-corrected chi connectivity index (χ0v) is 9.04. The van der Waals surface area contributed by atoms with Gasteiger partial charge >= 0.3 is 5.97 Å². The molecular weight excluding hydrogens is 206 g/mol. The van der Waals surface area contributed by atoms with E-state index in [4.69, 9.17) is 5.11 Å². The molecule has 1 aromatic heterocycles. The number of hydrogen-bond donors (Lipinski definition) is 1. The number of aliphatic carboxylic acids is 1. The number of rotatable bonds is 4. The maximum atomic E-state index is 10.6. The van der Waals surface area contributed by atoms with Gasteiger partial charge in [0.2, 0.25) is 0 Å². The van der Waals surface area contributed by atoms with Crippen LogP contribution in [-0.4, -0.2) is 39.0 Å². The second-order valence-electron chi connectivity index (χ2n) is 4.19. The first-order chi connectivity index (χ1) is 7.74. The lowest BCUT2D eigenvalue weighted by Crippen LogP contribution is -2.21. The van der Waals surface area contributed by atoms with E-state index in [9.17, 15) is 4.79 Å². The first-order valence-corrected chi connectivity index (χ1v) is 5.43. The Hall–Kier alpha value is -1.49. The highest BCUT2D eigenvalue weighted by atomic mass is 16.4. The van der Waals surface area contributed by atoms with E-state index in [2.05, 4.69) is 14.9 Å². The van der Waals surface area contributed by atoms with Crippen molar-refractivity contribution in [2.75, 3.05) is 13.1 Å². The van der Waals surface area contributed by atoms with Crippen LogP contribution >= 0.6 is 0 Å². The summed E-state index contributed by atoms with van der Waals surface area (Å²) in [6.07, 6.45) is 4.52. The fourth-order valence-electron chi connectivity index (χ4n) is 2.11. The Morgan fingerprint density at radius 1 is 1.62 bits per heavy atom. The van der Waals surface area contributed by atoms with Gasteiger partial charge in [0.1, 0.15) is 6.33 Å². The molecule has 1 aliphatic rings. The summed E-state index contributed by atoms with van der Waals surface area (Å²) in [5, 5.41) is 8.71. The van der Waals surface area contributed by atoms with Gasteiger partial charge in [-0.2, -0.15) is 0 Å². The van der Waals surface area contributed by atoms with Crippen molar-refractivity contribution < 1.29 is 9.90 Å². The van der Waals surface area contributed by atoms with Gasteiger partial charge in [-0.05, 0) is 24.9 Å². The summed E-state index contributed by atoms with van der Waals surface area (Å²) in [7, 11) is 0. The highest BCUT2D eigenvalue weighted by Gasteiger charge is 2.24. The third-order valence-electron chi connectivity index (χ3n) is 2.86. The average Bonchev–Trinajstić information content (AvgIpc) is 2.66. The van der Waals surface area contributed by atoms with E-state index in [1.54, 1.807) is 12.5 Å². The van der Waals surface area contributed by atoms with Crippen molar-refractivity contribution in [3.05, 3.63) is 24.3 Å². The van der Waals surface area contributed by atoms with Crippen LogP contribution in [0.4, 0.5) is 0 Å². The quantitative estimate of drug-likeness (QED) is 0.813. The van der Waals surface area contributed by atoms with Gasteiger partial charge in [-0.15, -0.1) is 0 Å². The predicted molar refractivity (Wildman–Crippen MR) is 57.7 cm³/mol. The third-order valence-corrected chi connectivity index (χ3v) is 2.86. The number of carboxylic acid groups (broad SMARTS) is 1. The van der Waals surface area contributed by atoms with Gasteiger partial charge in [-0.1, -0.05) is 0 Å². The van der Waals surface area contributed by atoms with E-state index < -0.39 is 5.97 Å². The van der Waals surface area contributed by atoms with Crippen molar-refractivity contribution in [1.29, 1.82) is 0 Å². The van der Waals surface area contributed by atoms with Crippen LogP contribution in [-0.2, 0) is 11.3 Å². The molecule has 1 atom stereocenters. The van der Waals surface area contributed by atoms with Crippen LogP contribution in [0.25, 0.3) is 0 Å². The molecule has 1 aromatic rings. The summed E-state index contributed by atoms with van der Waals surface area (Å²) in [5.41, 5.74) is 0.992. The van der Waals surface area contributed by atoms with E-state index in [0.29, 0.717) is 5.92 Å². The van der Waals surface area contributed by atoms with E-state index >= 15 is 0 Å². The second-order valence-corrected chi connectivity index (χ2v) is 4.19. The summed E-state index contributed by atoms with van der Waals surface area (Å²) in [5.74, 6) is -0.409. The molecule has 0 aliphatic carbocycles. The normalized spacial score (nSPS) is 21.1. The van der Waals surface area contributed by atoms with Crippen LogP contribution in [0, 0.1) is 5.92 Å². The first-order valence-electron chi connectivity index (χ1n) is 5.43. The first kappa shape index (κ1) is 11.0. The Balaban J connectivity index is 1.83. The van der Waals surface area contributed by atoms with Crippen molar-refractivity contribution in [2.24, 2.45) is 5.92 Å². The van der Waals surface area contributed by atoms with Crippen molar-refractivity contribution >= 4 is 5.97 Å². The molecule has 5 heteroatoms. The van der Waals surface area contributed by atoms with Crippen molar-refractivity contribution in [1.82, 2.24) is 14.9 Å². The van der Waals surface area contributed by atoms with Crippen molar-refractivity contribution in [2.45, 2.75) is 19.4 Å². The number of carbonyl (C=O) groups is 1. The van der Waals surface area contributed by atoms with E-state index in [1.165, 1.54) is 0 Å². The van der Waals surface area contributed by atoms with E-state index in [-0.39, 0.29) is 6.42 Å². The monoisotopic (exact) mass is 221 g/mol. The third kappa shape index (κ3) is 3.00. The number of aromatic nitrogens is 2. The lowest BCUT2D eigenvalue weighted by atomic mass is 10.1. The summed E-state index contributed by atoms with van der Waals surface area (Å²) in [6.45, 7) is 2.61. The minimum absolute atomic E-state index is 0.278. The lowest BCUT2D eigenvalue weighted by Gasteiger charge is -2.14. The van der Waals surface area contributed by atoms with Crippen LogP contribution in [0.5, 0.6) is 0 Å². The molecule has 2 heterocycles. The van der Waals surface area contributed by atoms with Crippen LogP contribution in [0.3, 0.4) is 0 Å². The molecule has 1 unspecified atom stereocenters. The zero-order chi connectivity index (χ0) is 11.4. The summed E-state index contributed by atoms with van der Waals surface area (Å²) >= 11 is 0. The molecule has 1 fully saturated rings. The fourth-order valence-corrected chi connectivity index (χ4v) is 2.11. The molecule has 5 nitrogen and oxygen atoms in total. The topological polar surface area (TPSA) is 66.3 Å². The average molecular weight is 221 g/mol. The van der Waals surface area contributed by atoms with Gasteiger partial charge in [0, 0.05) is 25.7 Å². The number of nitrogens with zero attached hydrogens (tertiary/aromatic N) is 3. The van der Waals surface area contributed by atoms with Gasteiger partial charge in [-0.25, -0.2) is 9.97 Å². The molecule has 1 aliphatic heterocycles. The van der Waals surface area contributed by atoms with E-state index in [0.717, 1.165) is 31.7 Å². The van der Waals surface area contributed by atoms with Gasteiger partial charge in [0.05, 0.1) is 5.69 Å². The smallest absolute Gasteiger partial charge is 0.303 e. The molecule has 0 aromatic carbocycles. The van der Waals surface area contributed by atoms with Crippen LogP contribution in [0.1, 0.15) is 18.5 Å². The highest BCUT2D eigenvalue weighted by molar-refractivity contribution is 5.67. The zero-order valence-electron chi connectivity index (χ0n) is 9.04. The van der Waals surface area contributed by atoms with Gasteiger partial charge in [0.15, 0.2) is 0 Å². The Morgan fingerprint density at radius 2 is 2.50 bits per heavy atom. The molecule has 86 valence electrons. The predicted octanol–water partition coefficient (Wildman–Crippen LogP) is 0.773. The minimum atomic E-state index is -0.700. The molecule has 0 radical (unpaired) electrons. The standard InChI is InChI=1S/C11H15N3O2/c15-11(16)5-9-2-4-14(6-9)7-10-1-3-12-8-13-10/h1,3,8-9H,2,4-7H2,(H,15,16). The maximum Gasteiger partial charge on any atom is 0.303 e. The number of carboxylic acids is 1. The molecule has 2 rings (SSSR count). The molecule has 1 N–H and O–H groups in total. The van der Waals surface area contributed by atoms with Gasteiger partial charge in [-0.3, -0.25) is 9.69 Å². The minimum Gasteiger partial charge on any atom is -0.481 e. The SMILES string of the molecule is O=C(O)CC1CCN(Cc2ccncn2)C1. The Kier molecular flexibility index (Phi) is 3.46. The van der Waals surface area contributed by atoms with Crippen LogP contribution < -0.4 is 0 Å². The summed E-state index contributed by atoms with van der Waals surface area (Å²) in [6, 6.07) is 1.89. The van der Waals surface area contributed by atoms with Crippen molar-refractivity contribution in [3.8, 4) is 0 Å². The van der Waals surface area contributed by atoms with E-state index in [1.807, 2.05) is 6.07 Å². The highest BCUT2D eigenvalue weighted by Crippen LogP contribution is 2.20. The number of likely N-dealkylation sites (tertiary alicyclic amines) is 1. The van der Waals surface area contributed by atoms with Crippen LogP contribution in [0.2, 0.25) is 0 Å². The summed E-state index contributed by atoms with van der Waals surface area (Å²) < 4.78 is 0. The van der Waals surface area contributed by atoms with Gasteiger partial charge < -0.3 is 5.11 Å². The molecule has 16 heavy (non-hydrogen) atoms. The number of hydrogen-bond acceptors (Lipinski definition) is 4. The Morgan fingerprint density at radius 3 is 3.19 bits per heavy atom. The van der Waals surface area contributed by atoms with Crippen LogP contribution in [0.15, 0.2) is 18.6 Å². The largest absolute Gasteiger partial charge is 0.481 e. The molecule has 0 saturated carbocycles. The molecule has 1 saturated heterocycles. The Labute approximate surface area is 94.1 Å². The molecule has 0 spiro atoms. The second kappa shape index (κ2) is 5.03. The maximum absolute atomic E-state index is 10.6.